The van der Waals surface area contributed by atoms with Crippen molar-refractivity contribution in [3.63, 3.8) is 0 Å². The molecular weight excluding hydrogens is 216 g/mol. The number of hydrogen-bond donors (Lipinski definition) is 1. The van der Waals surface area contributed by atoms with Gasteiger partial charge in [0, 0.05) is 45.8 Å². The highest BCUT2D eigenvalue weighted by molar-refractivity contribution is 5.85. The van der Waals surface area contributed by atoms with Crippen LogP contribution in [-0.2, 0) is 9.53 Å². The van der Waals surface area contributed by atoms with Gasteiger partial charge in [0.05, 0.1) is 0 Å². The van der Waals surface area contributed by atoms with Crippen molar-refractivity contribution < 1.29 is 9.53 Å². The molecule has 4 nitrogen and oxygen atoms in total. The summed E-state index contributed by atoms with van der Waals surface area (Å²) in [6.45, 7) is 5.38. The van der Waals surface area contributed by atoms with Gasteiger partial charge in [0.1, 0.15) is 0 Å². The molecule has 1 aliphatic heterocycles. The number of rotatable bonds is 4. The zero-order valence-corrected chi connectivity index (χ0v) is 10.3. The number of carbonyl (C=O) groups is 1. The Balaban J connectivity index is 0.00000196. The van der Waals surface area contributed by atoms with Crippen LogP contribution in [0.2, 0.25) is 0 Å². The van der Waals surface area contributed by atoms with E-state index in [1.165, 1.54) is 0 Å². The van der Waals surface area contributed by atoms with Crippen LogP contribution in [0.25, 0.3) is 0 Å². The first-order valence-electron chi connectivity index (χ1n) is 5.24. The molecule has 1 atom stereocenters. The van der Waals surface area contributed by atoms with Crippen molar-refractivity contribution in [1.82, 2.24) is 10.2 Å². The van der Waals surface area contributed by atoms with Gasteiger partial charge in [-0.15, -0.1) is 12.4 Å². The summed E-state index contributed by atoms with van der Waals surface area (Å²) in [4.78, 5) is 13.6. The van der Waals surface area contributed by atoms with Gasteiger partial charge in [-0.2, -0.15) is 0 Å². The molecule has 0 radical (unpaired) electrons. The third kappa shape index (κ3) is 5.35. The van der Waals surface area contributed by atoms with Crippen LogP contribution in [0.3, 0.4) is 0 Å². The molecule has 1 N–H and O–H groups in total. The second-order valence-corrected chi connectivity index (χ2v) is 3.79. The quantitative estimate of drug-likeness (QED) is 0.729. The van der Waals surface area contributed by atoms with E-state index in [9.17, 15) is 4.79 Å². The first kappa shape index (κ1) is 14.7. The van der Waals surface area contributed by atoms with E-state index in [2.05, 4.69) is 12.2 Å². The lowest BCUT2D eigenvalue weighted by atomic mass is 10.2. The van der Waals surface area contributed by atoms with Crippen molar-refractivity contribution in [2.24, 2.45) is 0 Å². The Morgan fingerprint density at radius 3 is 2.93 bits per heavy atom. The minimum absolute atomic E-state index is 0. The molecule has 0 aromatic heterocycles. The number of amides is 1. The highest BCUT2D eigenvalue weighted by atomic mass is 35.5. The molecule has 1 rings (SSSR count). The van der Waals surface area contributed by atoms with Crippen LogP contribution in [0.5, 0.6) is 0 Å². The molecule has 0 spiro atoms. The van der Waals surface area contributed by atoms with Crippen LogP contribution in [0, 0.1) is 0 Å². The molecule has 0 aliphatic carbocycles. The first-order valence-corrected chi connectivity index (χ1v) is 5.24. The molecule has 0 bridgehead atoms. The summed E-state index contributed by atoms with van der Waals surface area (Å²) in [5, 5.41) is 3.32. The maximum Gasteiger partial charge on any atom is 0.222 e. The minimum atomic E-state index is 0. The molecule has 1 saturated heterocycles. The number of carbonyl (C=O) groups excluding carboxylic acids is 1. The van der Waals surface area contributed by atoms with E-state index < -0.39 is 0 Å². The Morgan fingerprint density at radius 1 is 1.60 bits per heavy atom. The molecule has 5 heteroatoms. The summed E-state index contributed by atoms with van der Waals surface area (Å²) < 4.78 is 4.92. The van der Waals surface area contributed by atoms with Gasteiger partial charge in [-0.25, -0.2) is 0 Å². The van der Waals surface area contributed by atoms with Crippen molar-refractivity contribution >= 4 is 18.3 Å². The lowest BCUT2D eigenvalue weighted by Gasteiger charge is -2.32. The molecule has 0 aromatic carbocycles. The minimum Gasteiger partial charge on any atom is -0.385 e. The average molecular weight is 237 g/mol. The molecule has 0 aromatic rings. The number of nitrogens with one attached hydrogen (secondary N) is 1. The maximum absolute atomic E-state index is 11.7. The Bertz CT molecular complexity index is 190. The Kier molecular flexibility index (Phi) is 7.74. The molecule has 1 fully saturated rings. The zero-order chi connectivity index (χ0) is 10.4. The van der Waals surface area contributed by atoms with E-state index in [0.717, 1.165) is 26.1 Å². The molecule has 15 heavy (non-hydrogen) atoms. The topological polar surface area (TPSA) is 41.6 Å². The number of nitrogens with zero attached hydrogens (tertiary/aromatic N) is 1. The Labute approximate surface area is 97.8 Å². The van der Waals surface area contributed by atoms with E-state index in [-0.39, 0.29) is 18.3 Å². The Hall–Kier alpha value is -0.320. The van der Waals surface area contributed by atoms with Crippen molar-refractivity contribution in [2.45, 2.75) is 25.8 Å². The van der Waals surface area contributed by atoms with Crippen LogP contribution in [0.4, 0.5) is 0 Å². The second kappa shape index (κ2) is 7.91. The summed E-state index contributed by atoms with van der Waals surface area (Å²) >= 11 is 0. The van der Waals surface area contributed by atoms with Crippen molar-refractivity contribution in [1.29, 1.82) is 0 Å². The normalized spacial score (nSPS) is 20.9. The molecule has 1 aliphatic rings. The third-order valence-corrected chi connectivity index (χ3v) is 2.46. The van der Waals surface area contributed by atoms with Crippen molar-refractivity contribution in [3.05, 3.63) is 0 Å². The third-order valence-electron chi connectivity index (χ3n) is 2.46. The van der Waals surface area contributed by atoms with Crippen LogP contribution in [-0.4, -0.2) is 50.2 Å². The fraction of sp³-hybridized carbons (Fsp3) is 0.900. The SMILES string of the molecule is COCCCC(=O)N1CCNC(C)C1.Cl. The molecular formula is C10H21ClN2O2. The average Bonchev–Trinajstić information content (AvgIpc) is 2.18. The van der Waals surface area contributed by atoms with Crippen LogP contribution < -0.4 is 5.32 Å². The van der Waals surface area contributed by atoms with E-state index in [1.54, 1.807) is 7.11 Å². The maximum atomic E-state index is 11.7. The van der Waals surface area contributed by atoms with E-state index >= 15 is 0 Å². The lowest BCUT2D eigenvalue weighted by Crippen LogP contribution is -2.51. The van der Waals surface area contributed by atoms with Crippen molar-refractivity contribution in [2.75, 3.05) is 33.4 Å². The fourth-order valence-electron chi connectivity index (χ4n) is 1.68. The molecule has 1 amide bonds. The largest absolute Gasteiger partial charge is 0.385 e. The predicted molar refractivity (Wildman–Crippen MR) is 62.4 cm³/mol. The number of hydrogen-bond acceptors (Lipinski definition) is 3. The highest BCUT2D eigenvalue weighted by Crippen LogP contribution is 2.03. The van der Waals surface area contributed by atoms with E-state index in [4.69, 9.17) is 4.74 Å². The number of halogens is 1. The monoisotopic (exact) mass is 236 g/mol. The smallest absolute Gasteiger partial charge is 0.222 e. The zero-order valence-electron chi connectivity index (χ0n) is 9.49. The molecule has 1 heterocycles. The molecule has 0 saturated carbocycles. The summed E-state index contributed by atoms with van der Waals surface area (Å²) in [6.07, 6.45) is 1.44. The summed E-state index contributed by atoms with van der Waals surface area (Å²) in [7, 11) is 1.66. The van der Waals surface area contributed by atoms with E-state index in [1.807, 2.05) is 4.90 Å². The lowest BCUT2D eigenvalue weighted by molar-refractivity contribution is -0.132. The highest BCUT2D eigenvalue weighted by Gasteiger charge is 2.19. The van der Waals surface area contributed by atoms with Gasteiger partial charge < -0.3 is 15.0 Å². The van der Waals surface area contributed by atoms with Gasteiger partial charge in [-0.3, -0.25) is 4.79 Å². The second-order valence-electron chi connectivity index (χ2n) is 3.79. The summed E-state index contributed by atoms with van der Waals surface area (Å²) in [5.74, 6) is 0.260. The van der Waals surface area contributed by atoms with Gasteiger partial charge >= 0.3 is 0 Å². The standard InChI is InChI=1S/C10H20N2O2.ClH/c1-9-8-12(6-5-11-9)10(13)4-3-7-14-2;/h9,11H,3-8H2,1-2H3;1H. The van der Waals surface area contributed by atoms with Crippen LogP contribution in [0.1, 0.15) is 19.8 Å². The van der Waals surface area contributed by atoms with Gasteiger partial charge in [-0.05, 0) is 13.3 Å². The van der Waals surface area contributed by atoms with Gasteiger partial charge in [0.2, 0.25) is 5.91 Å². The number of ether oxygens (including phenoxy) is 1. The summed E-state index contributed by atoms with van der Waals surface area (Å²) in [6, 6.07) is 0.426. The molecule has 1 unspecified atom stereocenters. The van der Waals surface area contributed by atoms with Crippen LogP contribution in [0.15, 0.2) is 0 Å². The van der Waals surface area contributed by atoms with Gasteiger partial charge in [-0.1, -0.05) is 0 Å². The number of methoxy groups -OCH3 is 1. The predicted octanol–water partition coefficient (Wildman–Crippen LogP) is 0.655. The van der Waals surface area contributed by atoms with Gasteiger partial charge in [0.15, 0.2) is 0 Å². The van der Waals surface area contributed by atoms with Gasteiger partial charge in [0.25, 0.3) is 0 Å². The van der Waals surface area contributed by atoms with Crippen molar-refractivity contribution in [3.8, 4) is 0 Å². The van der Waals surface area contributed by atoms with Crippen LogP contribution >= 0.6 is 12.4 Å². The first-order chi connectivity index (χ1) is 6.74. The van der Waals surface area contributed by atoms with E-state index in [0.29, 0.717) is 19.1 Å². The molecule has 90 valence electrons. The Morgan fingerprint density at radius 2 is 2.33 bits per heavy atom. The number of piperazine rings is 1. The fourth-order valence-corrected chi connectivity index (χ4v) is 1.68. The summed E-state index contributed by atoms with van der Waals surface area (Å²) in [5.41, 5.74) is 0.